The zero-order valence-electron chi connectivity index (χ0n) is 11.5. The number of fused-ring (bicyclic) bond motifs is 1. The quantitative estimate of drug-likeness (QED) is 0.776. The van der Waals surface area contributed by atoms with Gasteiger partial charge in [0.15, 0.2) is 6.61 Å². The van der Waals surface area contributed by atoms with Gasteiger partial charge in [-0.2, -0.15) is 0 Å². The Kier molecular flexibility index (Phi) is 4.29. The third kappa shape index (κ3) is 3.40. The van der Waals surface area contributed by atoms with Gasteiger partial charge in [-0.1, -0.05) is 28.1 Å². The molecule has 1 heterocycles. The Labute approximate surface area is 135 Å². The smallest absolute Gasteiger partial charge is 0.262 e. The first-order valence-electron chi connectivity index (χ1n) is 6.60. The number of benzene rings is 2. The van der Waals surface area contributed by atoms with Crippen molar-refractivity contribution in [3.8, 4) is 5.88 Å². The predicted octanol–water partition coefficient (Wildman–Crippen LogP) is 3.41. The molecule has 0 saturated carbocycles. The molecule has 0 fully saturated rings. The molecule has 0 aliphatic heterocycles. The molecule has 0 spiro atoms. The average molecular weight is 358 g/mol. The van der Waals surface area contributed by atoms with E-state index in [1.807, 2.05) is 48.5 Å². The number of anilines is 1. The Balaban J connectivity index is 1.66. The normalized spacial score (nSPS) is 10.4. The zero-order valence-corrected chi connectivity index (χ0v) is 13.1. The van der Waals surface area contributed by atoms with Gasteiger partial charge >= 0.3 is 0 Å². The van der Waals surface area contributed by atoms with Crippen molar-refractivity contribution in [2.24, 2.45) is 0 Å². The Bertz CT molecular complexity index is 801. The molecule has 110 valence electrons. The topological polar surface area (TPSA) is 64.1 Å². The molecular weight excluding hydrogens is 346 g/mol. The summed E-state index contributed by atoms with van der Waals surface area (Å²) in [5.41, 5.74) is 1.49. The van der Waals surface area contributed by atoms with E-state index in [-0.39, 0.29) is 12.5 Å². The van der Waals surface area contributed by atoms with Crippen molar-refractivity contribution >= 4 is 38.4 Å². The summed E-state index contributed by atoms with van der Waals surface area (Å²) >= 11 is 3.34. The van der Waals surface area contributed by atoms with Crippen LogP contribution >= 0.6 is 15.9 Å². The molecule has 22 heavy (non-hydrogen) atoms. The first-order chi connectivity index (χ1) is 10.7. The number of hydrogen-bond acceptors (Lipinski definition) is 4. The van der Waals surface area contributed by atoms with Gasteiger partial charge in [-0.05, 0) is 36.4 Å². The van der Waals surface area contributed by atoms with E-state index in [9.17, 15) is 4.79 Å². The van der Waals surface area contributed by atoms with Gasteiger partial charge < -0.3 is 10.1 Å². The van der Waals surface area contributed by atoms with Gasteiger partial charge in [0.05, 0.1) is 10.9 Å². The molecule has 3 rings (SSSR count). The van der Waals surface area contributed by atoms with Crippen LogP contribution in [0.3, 0.4) is 0 Å². The Morgan fingerprint density at radius 3 is 2.68 bits per heavy atom. The number of halogens is 1. The highest BCUT2D eigenvalue weighted by molar-refractivity contribution is 9.10. The number of aromatic nitrogens is 2. The minimum atomic E-state index is -0.245. The van der Waals surface area contributed by atoms with E-state index < -0.39 is 0 Å². The summed E-state index contributed by atoms with van der Waals surface area (Å²) in [6.07, 6.45) is 1.42. The highest BCUT2D eigenvalue weighted by atomic mass is 79.9. The summed E-state index contributed by atoms with van der Waals surface area (Å²) in [7, 11) is 0. The summed E-state index contributed by atoms with van der Waals surface area (Å²) < 4.78 is 6.46. The van der Waals surface area contributed by atoms with Crippen LogP contribution in [0.5, 0.6) is 5.88 Å². The lowest BCUT2D eigenvalue weighted by Crippen LogP contribution is -2.20. The first-order valence-corrected chi connectivity index (χ1v) is 7.39. The SMILES string of the molecule is O=C(COc1ncnc2ccccc12)Nc1ccc(Br)cc1. The van der Waals surface area contributed by atoms with Gasteiger partial charge in [0.25, 0.3) is 5.91 Å². The number of ether oxygens (including phenoxy) is 1. The van der Waals surface area contributed by atoms with Crippen LogP contribution in [0.2, 0.25) is 0 Å². The largest absolute Gasteiger partial charge is 0.467 e. The maximum absolute atomic E-state index is 11.9. The summed E-state index contributed by atoms with van der Waals surface area (Å²) in [5.74, 6) is 0.154. The first kappa shape index (κ1) is 14.5. The summed E-state index contributed by atoms with van der Waals surface area (Å²) in [6.45, 7) is -0.114. The number of nitrogens with zero attached hydrogens (tertiary/aromatic N) is 2. The summed E-state index contributed by atoms with van der Waals surface area (Å²) in [6, 6.07) is 14.8. The molecule has 1 N–H and O–H groups in total. The Hall–Kier alpha value is -2.47. The number of carbonyl (C=O) groups excluding carboxylic acids is 1. The van der Waals surface area contributed by atoms with Gasteiger partial charge in [-0.25, -0.2) is 9.97 Å². The van der Waals surface area contributed by atoms with Crippen LogP contribution in [0.15, 0.2) is 59.3 Å². The lowest BCUT2D eigenvalue weighted by Gasteiger charge is -2.08. The molecule has 0 bridgehead atoms. The van der Waals surface area contributed by atoms with E-state index in [1.54, 1.807) is 0 Å². The standard InChI is InChI=1S/C16H12BrN3O2/c17-11-5-7-12(8-6-11)20-15(21)9-22-16-13-3-1-2-4-14(13)18-10-19-16/h1-8,10H,9H2,(H,20,21). The van der Waals surface area contributed by atoms with Gasteiger partial charge in [0.1, 0.15) is 6.33 Å². The molecule has 2 aromatic carbocycles. The molecular formula is C16H12BrN3O2. The van der Waals surface area contributed by atoms with E-state index >= 15 is 0 Å². The van der Waals surface area contributed by atoms with Crippen molar-refractivity contribution < 1.29 is 9.53 Å². The number of carbonyl (C=O) groups is 1. The van der Waals surface area contributed by atoms with Crippen molar-refractivity contribution in [2.75, 3.05) is 11.9 Å². The Morgan fingerprint density at radius 1 is 1.09 bits per heavy atom. The summed E-state index contributed by atoms with van der Waals surface area (Å²) in [4.78, 5) is 20.1. The monoisotopic (exact) mass is 357 g/mol. The maximum Gasteiger partial charge on any atom is 0.262 e. The lowest BCUT2D eigenvalue weighted by atomic mass is 10.2. The average Bonchev–Trinajstić information content (AvgIpc) is 2.55. The summed E-state index contributed by atoms with van der Waals surface area (Å²) in [5, 5.41) is 3.54. The number of para-hydroxylation sites is 1. The molecule has 0 atom stereocenters. The molecule has 0 aliphatic rings. The minimum Gasteiger partial charge on any atom is -0.467 e. The fourth-order valence-electron chi connectivity index (χ4n) is 1.96. The van der Waals surface area contributed by atoms with E-state index in [0.29, 0.717) is 11.6 Å². The minimum absolute atomic E-state index is 0.114. The van der Waals surface area contributed by atoms with Gasteiger partial charge in [-0.3, -0.25) is 4.79 Å². The molecule has 0 aliphatic carbocycles. The van der Waals surface area contributed by atoms with Crippen LogP contribution in [0.1, 0.15) is 0 Å². The van der Waals surface area contributed by atoms with Crippen LogP contribution in [0.4, 0.5) is 5.69 Å². The van der Waals surface area contributed by atoms with Crippen molar-refractivity contribution in [1.29, 1.82) is 0 Å². The van der Waals surface area contributed by atoms with Crippen LogP contribution < -0.4 is 10.1 Å². The second-order valence-electron chi connectivity index (χ2n) is 4.54. The number of hydrogen-bond donors (Lipinski definition) is 1. The fourth-order valence-corrected chi connectivity index (χ4v) is 2.22. The molecule has 0 unspecified atom stereocenters. The van der Waals surface area contributed by atoms with E-state index in [2.05, 4.69) is 31.2 Å². The lowest BCUT2D eigenvalue weighted by molar-refractivity contribution is -0.118. The third-order valence-corrected chi connectivity index (χ3v) is 3.50. The molecule has 0 radical (unpaired) electrons. The third-order valence-electron chi connectivity index (χ3n) is 2.97. The van der Waals surface area contributed by atoms with Crippen LogP contribution in [0.25, 0.3) is 10.9 Å². The molecule has 0 saturated heterocycles. The van der Waals surface area contributed by atoms with Crippen LogP contribution in [-0.2, 0) is 4.79 Å². The van der Waals surface area contributed by atoms with Crippen LogP contribution in [-0.4, -0.2) is 22.5 Å². The molecule has 5 nitrogen and oxygen atoms in total. The molecule has 1 amide bonds. The number of amides is 1. The molecule has 1 aromatic heterocycles. The molecule has 3 aromatic rings. The number of rotatable bonds is 4. The van der Waals surface area contributed by atoms with E-state index in [1.165, 1.54) is 6.33 Å². The van der Waals surface area contributed by atoms with E-state index in [4.69, 9.17) is 4.74 Å². The van der Waals surface area contributed by atoms with Crippen molar-refractivity contribution in [2.45, 2.75) is 0 Å². The predicted molar refractivity (Wildman–Crippen MR) is 87.8 cm³/mol. The zero-order chi connectivity index (χ0) is 15.4. The van der Waals surface area contributed by atoms with Crippen molar-refractivity contribution in [3.63, 3.8) is 0 Å². The second-order valence-corrected chi connectivity index (χ2v) is 5.46. The second kappa shape index (κ2) is 6.53. The van der Waals surface area contributed by atoms with Gasteiger partial charge in [0, 0.05) is 10.2 Å². The van der Waals surface area contributed by atoms with E-state index in [0.717, 1.165) is 15.4 Å². The number of nitrogens with one attached hydrogen (secondary N) is 1. The van der Waals surface area contributed by atoms with Gasteiger partial charge in [-0.15, -0.1) is 0 Å². The highest BCUT2D eigenvalue weighted by Crippen LogP contribution is 2.20. The molecule has 6 heteroatoms. The van der Waals surface area contributed by atoms with Gasteiger partial charge in [0.2, 0.25) is 5.88 Å². The maximum atomic E-state index is 11.9. The van der Waals surface area contributed by atoms with Crippen molar-refractivity contribution in [1.82, 2.24) is 9.97 Å². The Morgan fingerprint density at radius 2 is 1.86 bits per heavy atom. The van der Waals surface area contributed by atoms with Crippen LogP contribution in [0, 0.1) is 0 Å². The fraction of sp³-hybridized carbons (Fsp3) is 0.0625. The highest BCUT2D eigenvalue weighted by Gasteiger charge is 2.08. The van der Waals surface area contributed by atoms with Crippen molar-refractivity contribution in [3.05, 3.63) is 59.3 Å².